The highest BCUT2D eigenvalue weighted by Gasteiger charge is 2.29. The van der Waals surface area contributed by atoms with Crippen molar-refractivity contribution in [3.8, 4) is 0 Å². The fourth-order valence-electron chi connectivity index (χ4n) is 2.23. The van der Waals surface area contributed by atoms with E-state index in [4.69, 9.17) is 4.74 Å². The summed E-state index contributed by atoms with van der Waals surface area (Å²) in [7, 11) is 2.05. The lowest BCUT2D eigenvalue weighted by Gasteiger charge is -2.32. The highest BCUT2D eigenvalue weighted by molar-refractivity contribution is 5.85. The summed E-state index contributed by atoms with van der Waals surface area (Å²) < 4.78 is 5.41. The van der Waals surface area contributed by atoms with Crippen molar-refractivity contribution in [1.29, 1.82) is 0 Å². The molecule has 0 aromatic rings. The van der Waals surface area contributed by atoms with E-state index in [1.807, 2.05) is 7.05 Å². The van der Waals surface area contributed by atoms with Gasteiger partial charge in [0.05, 0.1) is 18.5 Å². The number of hydrogen-bond acceptors (Lipinski definition) is 6. The Morgan fingerprint density at radius 2 is 2.21 bits per heavy atom. The number of ether oxygens (including phenoxy) is 1. The van der Waals surface area contributed by atoms with Crippen molar-refractivity contribution in [2.75, 3.05) is 39.8 Å². The number of piperazine rings is 1. The number of nitrogens with zero attached hydrogens (tertiary/aromatic N) is 4. The van der Waals surface area contributed by atoms with Gasteiger partial charge in [-0.05, 0) is 7.05 Å². The smallest absolute Gasteiger partial charge is 0.412 e. The lowest BCUT2D eigenvalue weighted by molar-refractivity contribution is 0.0636. The van der Waals surface area contributed by atoms with Gasteiger partial charge in [0.2, 0.25) is 6.23 Å². The van der Waals surface area contributed by atoms with Crippen LogP contribution in [0.5, 0.6) is 0 Å². The fourth-order valence-corrected chi connectivity index (χ4v) is 2.23. The first-order valence-electron chi connectivity index (χ1n) is 6.42. The predicted molar refractivity (Wildman–Crippen MR) is 71.4 cm³/mol. The van der Waals surface area contributed by atoms with Gasteiger partial charge in [-0.15, -0.1) is 0 Å². The summed E-state index contributed by atoms with van der Waals surface area (Å²) in [6.07, 6.45) is 2.51. The van der Waals surface area contributed by atoms with Crippen molar-refractivity contribution in [2.45, 2.75) is 6.23 Å². The van der Waals surface area contributed by atoms with Gasteiger partial charge in [0, 0.05) is 32.4 Å². The SMILES string of the molecule is CN1CCN(C(=O)OC2N=CC3=C2N=CCN3)CC1. The second kappa shape index (κ2) is 5.00. The monoisotopic (exact) mass is 263 g/mol. The van der Waals surface area contributed by atoms with Crippen LogP contribution in [-0.2, 0) is 4.74 Å². The Hall–Kier alpha value is -1.89. The minimum atomic E-state index is -0.605. The Bertz CT molecular complexity index is 463. The maximum Gasteiger partial charge on any atom is 0.412 e. The maximum atomic E-state index is 12.1. The van der Waals surface area contributed by atoms with Crippen LogP contribution in [-0.4, -0.2) is 74.3 Å². The lowest BCUT2D eigenvalue weighted by atomic mass is 10.3. The molecular formula is C12H17N5O2. The highest BCUT2D eigenvalue weighted by Crippen LogP contribution is 2.21. The number of rotatable bonds is 1. The minimum Gasteiger partial charge on any atom is -0.417 e. The molecule has 1 atom stereocenters. The van der Waals surface area contributed by atoms with Crippen LogP contribution in [0, 0.1) is 0 Å². The Kier molecular flexibility index (Phi) is 3.20. The zero-order valence-corrected chi connectivity index (χ0v) is 10.9. The zero-order valence-electron chi connectivity index (χ0n) is 10.9. The molecule has 7 nitrogen and oxygen atoms in total. The molecule has 1 saturated heterocycles. The Labute approximate surface area is 111 Å². The zero-order chi connectivity index (χ0) is 13.2. The Balaban J connectivity index is 1.60. The topological polar surface area (TPSA) is 69.5 Å². The Morgan fingerprint density at radius 1 is 1.42 bits per heavy atom. The van der Waals surface area contributed by atoms with Crippen LogP contribution in [0.4, 0.5) is 4.79 Å². The number of carbonyl (C=O) groups excluding carboxylic acids is 1. The summed E-state index contributed by atoms with van der Waals surface area (Å²) in [4.78, 5) is 24.4. The van der Waals surface area contributed by atoms with Crippen molar-refractivity contribution in [1.82, 2.24) is 15.1 Å². The molecule has 1 N–H and O–H groups in total. The molecule has 7 heteroatoms. The average Bonchev–Trinajstić information content (AvgIpc) is 2.83. The quantitative estimate of drug-likeness (QED) is 0.703. The van der Waals surface area contributed by atoms with Gasteiger partial charge in [0.15, 0.2) is 0 Å². The number of nitrogens with one attached hydrogen (secondary N) is 1. The van der Waals surface area contributed by atoms with Crippen molar-refractivity contribution in [3.63, 3.8) is 0 Å². The average molecular weight is 263 g/mol. The Morgan fingerprint density at radius 3 is 3.00 bits per heavy atom. The number of likely N-dealkylation sites (N-methyl/N-ethyl adjacent to an activating group) is 1. The van der Waals surface area contributed by atoms with Crippen LogP contribution in [0.25, 0.3) is 0 Å². The van der Waals surface area contributed by atoms with Gasteiger partial charge < -0.3 is 19.9 Å². The van der Waals surface area contributed by atoms with Gasteiger partial charge in [-0.3, -0.25) is 4.99 Å². The van der Waals surface area contributed by atoms with E-state index in [2.05, 4.69) is 20.2 Å². The summed E-state index contributed by atoms with van der Waals surface area (Å²) in [6, 6.07) is 0. The summed E-state index contributed by atoms with van der Waals surface area (Å²) in [6.45, 7) is 3.82. The summed E-state index contributed by atoms with van der Waals surface area (Å²) >= 11 is 0. The number of aliphatic imine (C=N–C) groups is 2. The molecule has 3 aliphatic rings. The van der Waals surface area contributed by atoms with E-state index in [9.17, 15) is 4.79 Å². The molecule has 0 saturated carbocycles. The second-order valence-corrected chi connectivity index (χ2v) is 4.80. The molecule has 0 bridgehead atoms. The van der Waals surface area contributed by atoms with Crippen LogP contribution < -0.4 is 5.32 Å². The largest absolute Gasteiger partial charge is 0.417 e. The molecule has 1 amide bonds. The van der Waals surface area contributed by atoms with Crippen molar-refractivity contribution < 1.29 is 9.53 Å². The molecule has 1 fully saturated rings. The molecule has 0 aromatic heterocycles. The van der Waals surface area contributed by atoms with E-state index in [0.29, 0.717) is 25.3 Å². The second-order valence-electron chi connectivity index (χ2n) is 4.80. The summed E-state index contributed by atoms with van der Waals surface area (Å²) in [5.41, 5.74) is 1.53. The molecule has 3 heterocycles. The van der Waals surface area contributed by atoms with E-state index in [1.54, 1.807) is 17.3 Å². The van der Waals surface area contributed by atoms with Gasteiger partial charge in [-0.1, -0.05) is 0 Å². The van der Waals surface area contributed by atoms with E-state index in [1.165, 1.54) is 0 Å². The van der Waals surface area contributed by atoms with Gasteiger partial charge in [-0.25, -0.2) is 9.79 Å². The van der Waals surface area contributed by atoms with Gasteiger partial charge in [0.1, 0.15) is 5.70 Å². The summed E-state index contributed by atoms with van der Waals surface area (Å²) in [5, 5.41) is 3.14. The van der Waals surface area contributed by atoms with Crippen molar-refractivity contribution in [2.24, 2.45) is 9.98 Å². The van der Waals surface area contributed by atoms with Crippen molar-refractivity contribution >= 4 is 18.5 Å². The molecule has 0 aromatic carbocycles. The van der Waals surface area contributed by atoms with Crippen LogP contribution >= 0.6 is 0 Å². The van der Waals surface area contributed by atoms with E-state index < -0.39 is 6.23 Å². The molecule has 3 aliphatic heterocycles. The first-order valence-corrected chi connectivity index (χ1v) is 6.42. The summed E-state index contributed by atoms with van der Waals surface area (Å²) in [5.74, 6) is 0. The molecule has 19 heavy (non-hydrogen) atoms. The molecule has 0 spiro atoms. The van der Waals surface area contributed by atoms with Crippen molar-refractivity contribution in [3.05, 3.63) is 11.4 Å². The van der Waals surface area contributed by atoms with E-state index >= 15 is 0 Å². The number of amides is 1. The molecule has 3 rings (SSSR count). The van der Waals surface area contributed by atoms with E-state index in [0.717, 1.165) is 18.8 Å². The highest BCUT2D eigenvalue weighted by atomic mass is 16.6. The number of carbonyl (C=O) groups is 1. The first-order chi connectivity index (χ1) is 9.24. The molecule has 0 radical (unpaired) electrons. The third-order valence-corrected chi connectivity index (χ3v) is 3.44. The molecule has 1 unspecified atom stereocenters. The first kappa shape index (κ1) is 12.2. The molecular weight excluding hydrogens is 246 g/mol. The maximum absolute atomic E-state index is 12.1. The number of allylic oxidation sites excluding steroid dienone is 1. The van der Waals surface area contributed by atoms with Crippen LogP contribution in [0.3, 0.4) is 0 Å². The normalized spacial score (nSPS) is 26.4. The molecule has 0 aliphatic carbocycles. The lowest BCUT2D eigenvalue weighted by Crippen LogP contribution is -2.48. The van der Waals surface area contributed by atoms with Crippen LogP contribution in [0.15, 0.2) is 21.4 Å². The van der Waals surface area contributed by atoms with Gasteiger partial charge in [-0.2, -0.15) is 0 Å². The predicted octanol–water partition coefficient (Wildman–Crippen LogP) is -0.333. The van der Waals surface area contributed by atoms with Gasteiger partial charge >= 0.3 is 6.09 Å². The third-order valence-electron chi connectivity index (χ3n) is 3.44. The minimum absolute atomic E-state index is 0.315. The number of hydrogen-bond donors (Lipinski definition) is 1. The molecule has 102 valence electrons. The standard InChI is InChI=1S/C12H17N5O2/c1-16-4-6-17(7-5-16)12(18)19-11-10-9(8-15-11)13-2-3-14-10/h3,8,11,13H,2,4-7H2,1H3. The van der Waals surface area contributed by atoms with Gasteiger partial charge in [0.25, 0.3) is 0 Å². The third kappa shape index (κ3) is 2.46. The van der Waals surface area contributed by atoms with Crippen LogP contribution in [0.2, 0.25) is 0 Å². The fraction of sp³-hybridized carbons (Fsp3) is 0.583. The van der Waals surface area contributed by atoms with E-state index in [-0.39, 0.29) is 6.09 Å². The van der Waals surface area contributed by atoms with Crippen LogP contribution in [0.1, 0.15) is 0 Å².